The van der Waals surface area contributed by atoms with Gasteiger partial charge in [0.1, 0.15) is 5.40 Å². The normalized spacial score (nSPS) is 19.2. The molecular formula is C37H42N4S3. The van der Waals surface area contributed by atoms with Crippen molar-refractivity contribution in [1.29, 1.82) is 5.26 Å². The monoisotopic (exact) mass is 638 g/mol. The number of aryl methyl sites for hydroxylation is 6. The molecular weight excluding hydrogens is 597 g/mol. The van der Waals surface area contributed by atoms with Crippen molar-refractivity contribution in [3.8, 4) is 5.40 Å². The number of hydrogen-bond donors (Lipinski definition) is 0. The van der Waals surface area contributed by atoms with Crippen LogP contribution in [0.3, 0.4) is 0 Å². The van der Waals surface area contributed by atoms with Crippen molar-refractivity contribution in [2.75, 3.05) is 54.0 Å². The number of nitriles is 1. The number of benzene rings is 3. The quantitative estimate of drug-likeness (QED) is 0.160. The fraction of sp³-hybridized carbons (Fsp3) is 0.486. The van der Waals surface area contributed by atoms with Crippen LogP contribution in [0.15, 0.2) is 51.1 Å². The van der Waals surface area contributed by atoms with E-state index < -0.39 is 0 Å². The fourth-order valence-electron chi connectivity index (χ4n) is 8.62. The second-order valence-corrected chi connectivity index (χ2v) is 16.3. The van der Waals surface area contributed by atoms with Crippen LogP contribution in [0.1, 0.15) is 71.9 Å². The van der Waals surface area contributed by atoms with Crippen molar-refractivity contribution in [3.63, 3.8) is 0 Å². The molecule has 0 spiro atoms. The van der Waals surface area contributed by atoms with Crippen molar-refractivity contribution < 1.29 is 0 Å². The molecule has 0 fully saturated rings. The van der Waals surface area contributed by atoms with Gasteiger partial charge in [-0.25, -0.2) is 0 Å². The Morgan fingerprint density at radius 1 is 0.432 bits per heavy atom. The SMILES string of the molecule is N#CSc1cc2c3c(c1)CCCN3CCC2.c1c(SSc2cc3c4c(c2)CCCN4CCC3)cc2c3c1CCCN3CCC2. The number of thiocyanates is 1. The minimum absolute atomic E-state index is 1.13. The van der Waals surface area contributed by atoms with E-state index in [2.05, 4.69) is 56.5 Å². The van der Waals surface area contributed by atoms with Gasteiger partial charge >= 0.3 is 0 Å². The molecule has 0 bridgehead atoms. The van der Waals surface area contributed by atoms with Crippen molar-refractivity contribution in [1.82, 2.24) is 0 Å². The predicted octanol–water partition coefficient (Wildman–Crippen LogP) is 8.84. The van der Waals surface area contributed by atoms with Gasteiger partial charge in [-0.2, -0.15) is 5.26 Å². The summed E-state index contributed by atoms with van der Waals surface area (Å²) < 4.78 is 0. The summed E-state index contributed by atoms with van der Waals surface area (Å²) in [6, 6.07) is 14.4. The topological polar surface area (TPSA) is 33.5 Å². The van der Waals surface area contributed by atoms with Crippen molar-refractivity contribution >= 4 is 50.4 Å². The van der Waals surface area contributed by atoms with Gasteiger partial charge in [-0.3, -0.25) is 0 Å². The lowest BCUT2D eigenvalue weighted by atomic mass is 9.92. The molecule has 0 atom stereocenters. The summed E-state index contributed by atoms with van der Waals surface area (Å²) >= 11 is 1.29. The third kappa shape index (κ3) is 5.72. The van der Waals surface area contributed by atoms with Gasteiger partial charge in [-0.05, 0) is 159 Å². The second-order valence-electron chi connectivity index (χ2n) is 13.2. The average molecular weight is 639 g/mol. The van der Waals surface area contributed by atoms with E-state index >= 15 is 0 Å². The van der Waals surface area contributed by atoms with Crippen LogP contribution in [0.4, 0.5) is 17.1 Å². The summed E-state index contributed by atoms with van der Waals surface area (Å²) in [5.74, 6) is 0. The van der Waals surface area contributed by atoms with Crippen LogP contribution in [-0.2, 0) is 38.5 Å². The minimum Gasteiger partial charge on any atom is -0.371 e. The summed E-state index contributed by atoms with van der Waals surface area (Å²) in [5, 5.41) is 10.9. The zero-order chi connectivity index (χ0) is 29.5. The lowest BCUT2D eigenvalue weighted by molar-refractivity contribution is 0.632. The Labute approximate surface area is 275 Å². The maximum Gasteiger partial charge on any atom is 0.138 e. The van der Waals surface area contributed by atoms with E-state index in [-0.39, 0.29) is 0 Å². The highest BCUT2D eigenvalue weighted by Crippen LogP contribution is 2.46. The molecule has 0 saturated heterocycles. The van der Waals surface area contributed by atoms with Crippen LogP contribution in [0.2, 0.25) is 0 Å². The first kappa shape index (κ1) is 29.0. The van der Waals surface area contributed by atoms with Crippen molar-refractivity contribution in [2.45, 2.75) is 91.7 Å². The van der Waals surface area contributed by atoms with Gasteiger partial charge in [-0.1, -0.05) is 21.6 Å². The molecule has 0 saturated carbocycles. The number of thioether (sulfide) groups is 1. The van der Waals surface area contributed by atoms with Crippen LogP contribution < -0.4 is 14.7 Å². The van der Waals surface area contributed by atoms with E-state index in [1.807, 2.05) is 21.6 Å². The van der Waals surface area contributed by atoms with Crippen LogP contribution in [0.25, 0.3) is 0 Å². The smallest absolute Gasteiger partial charge is 0.138 e. The van der Waals surface area contributed by atoms with E-state index in [4.69, 9.17) is 5.26 Å². The molecule has 4 nitrogen and oxygen atoms in total. The third-order valence-electron chi connectivity index (χ3n) is 10.3. The van der Waals surface area contributed by atoms with Crippen LogP contribution >= 0.6 is 33.3 Å². The molecule has 9 rings (SSSR count). The van der Waals surface area contributed by atoms with E-state index in [1.165, 1.54) is 155 Å². The van der Waals surface area contributed by atoms with Gasteiger partial charge < -0.3 is 14.7 Å². The Balaban J connectivity index is 0.000000153. The molecule has 3 aromatic carbocycles. The second kappa shape index (κ2) is 12.8. The summed E-state index contributed by atoms with van der Waals surface area (Å²) in [6.45, 7) is 7.47. The highest BCUT2D eigenvalue weighted by molar-refractivity contribution is 8.76. The maximum absolute atomic E-state index is 8.76. The van der Waals surface area contributed by atoms with Gasteiger partial charge in [0.15, 0.2) is 0 Å². The molecule has 0 radical (unpaired) electrons. The molecule has 7 heteroatoms. The van der Waals surface area contributed by atoms with Crippen LogP contribution in [0, 0.1) is 10.7 Å². The first-order chi connectivity index (χ1) is 21.7. The molecule has 0 aliphatic carbocycles. The Kier molecular flexibility index (Phi) is 8.43. The highest BCUT2D eigenvalue weighted by Gasteiger charge is 2.27. The van der Waals surface area contributed by atoms with Gasteiger partial charge in [0, 0.05) is 71.0 Å². The standard InChI is InChI=1S/C24H28N2S2.C13H14N2S/c1-5-17-13-21(14-18-6-2-10-25(9-1)23(17)18)27-28-22-15-19-7-3-11-26-12-4-8-20(16-22)24(19)26;14-9-16-12-7-10-3-1-5-15-6-2-4-11(8-12)13(10)15/h13-16H,1-12H2;7-8H,1-6H2. The van der Waals surface area contributed by atoms with Crippen molar-refractivity contribution in [3.05, 3.63) is 69.8 Å². The predicted molar refractivity (Wildman–Crippen MR) is 189 cm³/mol. The van der Waals surface area contributed by atoms with E-state index in [0.29, 0.717) is 0 Å². The largest absolute Gasteiger partial charge is 0.371 e. The molecule has 228 valence electrons. The average Bonchev–Trinajstić information content (AvgIpc) is 3.05. The van der Waals surface area contributed by atoms with Crippen LogP contribution in [-0.4, -0.2) is 39.3 Å². The summed E-state index contributed by atoms with van der Waals surface area (Å²) in [6.07, 6.45) is 15.2. The maximum atomic E-state index is 8.76. The molecule has 6 aliphatic heterocycles. The molecule has 0 aromatic heterocycles. The number of nitrogens with zero attached hydrogens (tertiary/aromatic N) is 4. The van der Waals surface area contributed by atoms with E-state index in [9.17, 15) is 0 Å². The Morgan fingerprint density at radius 3 is 0.977 bits per heavy atom. The molecule has 0 amide bonds. The summed E-state index contributed by atoms with van der Waals surface area (Å²) in [4.78, 5) is 11.8. The minimum atomic E-state index is 1.13. The van der Waals surface area contributed by atoms with Gasteiger partial charge in [0.2, 0.25) is 0 Å². The summed E-state index contributed by atoms with van der Waals surface area (Å²) in [5.41, 5.74) is 14.0. The molecule has 0 N–H and O–H groups in total. The Morgan fingerprint density at radius 2 is 0.705 bits per heavy atom. The molecule has 6 aliphatic rings. The molecule has 6 heterocycles. The zero-order valence-corrected chi connectivity index (χ0v) is 28.2. The molecule has 3 aromatic rings. The lowest BCUT2D eigenvalue weighted by Crippen LogP contribution is -2.34. The number of anilines is 3. The van der Waals surface area contributed by atoms with Gasteiger partial charge in [-0.15, -0.1) is 0 Å². The molecule has 44 heavy (non-hydrogen) atoms. The number of hydrogen-bond acceptors (Lipinski definition) is 7. The first-order valence-corrected chi connectivity index (χ1v) is 19.8. The number of rotatable bonds is 4. The molecule has 0 unspecified atom stereocenters. The zero-order valence-electron chi connectivity index (χ0n) is 25.7. The van der Waals surface area contributed by atoms with Crippen molar-refractivity contribution in [2.24, 2.45) is 0 Å². The Bertz CT molecular complexity index is 1440. The summed E-state index contributed by atoms with van der Waals surface area (Å²) in [7, 11) is 3.95. The van der Waals surface area contributed by atoms with E-state index in [0.717, 1.165) is 4.90 Å². The van der Waals surface area contributed by atoms with E-state index in [1.54, 1.807) is 33.6 Å². The first-order valence-electron chi connectivity index (χ1n) is 16.9. The van der Waals surface area contributed by atoms with Gasteiger partial charge in [0.25, 0.3) is 0 Å². The van der Waals surface area contributed by atoms with Gasteiger partial charge in [0.05, 0.1) is 0 Å². The third-order valence-corrected chi connectivity index (χ3v) is 13.2. The Hall–Kier alpha value is -2.40. The van der Waals surface area contributed by atoms with Crippen LogP contribution in [0.5, 0.6) is 0 Å². The highest BCUT2D eigenvalue weighted by atomic mass is 33.1. The fourth-order valence-corrected chi connectivity index (χ4v) is 11.2. The lowest BCUT2D eigenvalue weighted by Gasteiger charge is -2.37.